The van der Waals surface area contributed by atoms with Crippen LogP contribution in [0.4, 0.5) is 11.6 Å². The van der Waals surface area contributed by atoms with Crippen molar-refractivity contribution in [2.45, 2.75) is 13.8 Å². The average molecular weight is 321 g/mol. The minimum absolute atomic E-state index is 0.729. The first kappa shape index (κ1) is 16.1. The summed E-state index contributed by atoms with van der Waals surface area (Å²) in [6.45, 7) is 6.36. The lowest BCUT2D eigenvalue weighted by Crippen LogP contribution is -2.21. The van der Waals surface area contributed by atoms with Crippen LogP contribution in [0.25, 0.3) is 11.0 Å². The highest BCUT2D eigenvalue weighted by atomic mass is 15.4. The van der Waals surface area contributed by atoms with E-state index in [4.69, 9.17) is 0 Å². The van der Waals surface area contributed by atoms with Gasteiger partial charge in [0.05, 0.1) is 17.2 Å². The van der Waals surface area contributed by atoms with Crippen LogP contribution < -0.4 is 10.3 Å². The normalized spacial score (nSPS) is 11.3. The predicted molar refractivity (Wildman–Crippen MR) is 102 cm³/mol. The molecule has 1 N–H and O–H groups in total. The fourth-order valence-electron chi connectivity index (χ4n) is 2.77. The van der Waals surface area contributed by atoms with Crippen molar-refractivity contribution in [3.05, 3.63) is 54.1 Å². The first-order chi connectivity index (χ1) is 11.7. The molecule has 0 aliphatic rings. The van der Waals surface area contributed by atoms with E-state index in [9.17, 15) is 0 Å². The molecular weight excluding hydrogens is 298 g/mol. The highest BCUT2D eigenvalue weighted by molar-refractivity contribution is 5.82. The molecule has 3 rings (SSSR count). The number of benzene rings is 2. The summed E-state index contributed by atoms with van der Waals surface area (Å²) < 4.78 is 2.00. The van der Waals surface area contributed by atoms with Gasteiger partial charge in [0, 0.05) is 25.8 Å². The molecule has 1 heterocycles. The molecule has 0 aliphatic carbocycles. The van der Waals surface area contributed by atoms with Gasteiger partial charge in [-0.2, -0.15) is 5.10 Å². The van der Waals surface area contributed by atoms with Crippen molar-refractivity contribution >= 4 is 28.9 Å². The number of aromatic nitrogens is 2. The van der Waals surface area contributed by atoms with Gasteiger partial charge in [-0.05, 0) is 43.7 Å². The van der Waals surface area contributed by atoms with Crippen molar-refractivity contribution in [2.75, 3.05) is 23.4 Å². The van der Waals surface area contributed by atoms with Crippen LogP contribution in [0.2, 0.25) is 0 Å². The molecule has 0 spiro atoms. The SMILES string of the molecule is CCN(CC)c1ccc(C=NNc2nc3ccccc3n2C)cc1. The monoisotopic (exact) mass is 321 g/mol. The van der Waals surface area contributed by atoms with E-state index in [1.807, 2.05) is 42.1 Å². The summed E-state index contributed by atoms with van der Waals surface area (Å²) in [7, 11) is 1.98. The number of para-hydroxylation sites is 2. The zero-order valence-corrected chi connectivity index (χ0v) is 14.4. The zero-order chi connectivity index (χ0) is 16.9. The maximum atomic E-state index is 4.53. The van der Waals surface area contributed by atoms with E-state index >= 15 is 0 Å². The van der Waals surface area contributed by atoms with Crippen molar-refractivity contribution in [2.24, 2.45) is 12.1 Å². The number of hydrazone groups is 1. The molecule has 0 fully saturated rings. The highest BCUT2D eigenvalue weighted by Gasteiger charge is 2.05. The number of nitrogens with one attached hydrogen (secondary N) is 1. The Kier molecular flexibility index (Phi) is 4.79. The number of imidazole rings is 1. The maximum absolute atomic E-state index is 4.53. The number of anilines is 2. The van der Waals surface area contributed by atoms with Gasteiger partial charge in [0.15, 0.2) is 0 Å². The molecule has 0 aliphatic heterocycles. The first-order valence-corrected chi connectivity index (χ1v) is 8.28. The predicted octanol–water partition coefficient (Wildman–Crippen LogP) is 3.87. The molecule has 0 bridgehead atoms. The van der Waals surface area contributed by atoms with E-state index in [0.29, 0.717) is 0 Å². The number of rotatable bonds is 6. The molecule has 24 heavy (non-hydrogen) atoms. The Bertz CT molecular complexity index is 829. The fraction of sp³-hybridized carbons (Fsp3) is 0.263. The van der Waals surface area contributed by atoms with Gasteiger partial charge in [-0.25, -0.2) is 10.4 Å². The van der Waals surface area contributed by atoms with Gasteiger partial charge < -0.3 is 9.47 Å². The zero-order valence-electron chi connectivity index (χ0n) is 14.4. The van der Waals surface area contributed by atoms with Crippen molar-refractivity contribution in [1.29, 1.82) is 0 Å². The summed E-state index contributed by atoms with van der Waals surface area (Å²) in [6.07, 6.45) is 1.81. The first-order valence-electron chi connectivity index (χ1n) is 8.28. The molecule has 1 aromatic heterocycles. The molecule has 5 heteroatoms. The number of fused-ring (bicyclic) bond motifs is 1. The van der Waals surface area contributed by atoms with Gasteiger partial charge >= 0.3 is 0 Å². The van der Waals surface area contributed by atoms with Crippen LogP contribution in [-0.2, 0) is 7.05 Å². The Morgan fingerprint density at radius 3 is 2.46 bits per heavy atom. The van der Waals surface area contributed by atoms with Gasteiger partial charge in [-0.1, -0.05) is 24.3 Å². The molecule has 0 unspecified atom stereocenters. The largest absolute Gasteiger partial charge is 0.372 e. The maximum Gasteiger partial charge on any atom is 0.224 e. The molecule has 0 saturated heterocycles. The van der Waals surface area contributed by atoms with Crippen LogP contribution in [0.1, 0.15) is 19.4 Å². The fourth-order valence-corrected chi connectivity index (χ4v) is 2.77. The molecular formula is C19H23N5. The molecule has 0 radical (unpaired) electrons. The second-order valence-corrected chi connectivity index (χ2v) is 5.62. The van der Waals surface area contributed by atoms with Crippen LogP contribution in [0.15, 0.2) is 53.6 Å². The van der Waals surface area contributed by atoms with E-state index in [1.54, 1.807) is 0 Å². The summed E-state index contributed by atoms with van der Waals surface area (Å²) in [5, 5.41) is 4.31. The van der Waals surface area contributed by atoms with E-state index in [-0.39, 0.29) is 0 Å². The van der Waals surface area contributed by atoms with Gasteiger partial charge in [0.25, 0.3) is 0 Å². The average Bonchev–Trinajstić information content (AvgIpc) is 2.94. The van der Waals surface area contributed by atoms with Crippen LogP contribution in [0.3, 0.4) is 0 Å². The second-order valence-electron chi connectivity index (χ2n) is 5.62. The van der Waals surface area contributed by atoms with Gasteiger partial charge in [0.2, 0.25) is 5.95 Å². The summed E-state index contributed by atoms with van der Waals surface area (Å²) >= 11 is 0. The number of hydrogen-bond acceptors (Lipinski definition) is 4. The van der Waals surface area contributed by atoms with Gasteiger partial charge in [-0.15, -0.1) is 0 Å². The van der Waals surface area contributed by atoms with E-state index in [1.165, 1.54) is 5.69 Å². The van der Waals surface area contributed by atoms with Gasteiger partial charge in [0.1, 0.15) is 0 Å². The lowest BCUT2D eigenvalue weighted by molar-refractivity contribution is 0.866. The molecule has 3 aromatic rings. The third-order valence-corrected chi connectivity index (χ3v) is 4.19. The molecule has 2 aromatic carbocycles. The van der Waals surface area contributed by atoms with E-state index < -0.39 is 0 Å². The Hall–Kier alpha value is -2.82. The summed E-state index contributed by atoms with van der Waals surface area (Å²) in [5.41, 5.74) is 7.35. The Morgan fingerprint density at radius 1 is 1.08 bits per heavy atom. The quantitative estimate of drug-likeness (QED) is 0.554. The summed E-state index contributed by atoms with van der Waals surface area (Å²) in [4.78, 5) is 6.85. The summed E-state index contributed by atoms with van der Waals surface area (Å²) in [5.74, 6) is 0.729. The number of aryl methyl sites for hydroxylation is 1. The molecule has 0 atom stereocenters. The second kappa shape index (κ2) is 7.17. The number of nitrogens with zero attached hydrogens (tertiary/aromatic N) is 4. The van der Waals surface area contributed by atoms with Crippen molar-refractivity contribution in [1.82, 2.24) is 9.55 Å². The topological polar surface area (TPSA) is 45.4 Å². The van der Waals surface area contributed by atoms with E-state index in [2.05, 4.69) is 58.5 Å². The van der Waals surface area contributed by atoms with Crippen molar-refractivity contribution in [3.63, 3.8) is 0 Å². The van der Waals surface area contributed by atoms with Crippen LogP contribution in [0.5, 0.6) is 0 Å². The van der Waals surface area contributed by atoms with E-state index in [0.717, 1.165) is 35.6 Å². The van der Waals surface area contributed by atoms with Gasteiger partial charge in [-0.3, -0.25) is 0 Å². The minimum atomic E-state index is 0.729. The minimum Gasteiger partial charge on any atom is -0.372 e. The molecule has 0 saturated carbocycles. The summed E-state index contributed by atoms with van der Waals surface area (Å²) in [6, 6.07) is 16.4. The smallest absolute Gasteiger partial charge is 0.224 e. The van der Waals surface area contributed by atoms with Crippen LogP contribution in [0, 0.1) is 0 Å². The van der Waals surface area contributed by atoms with Crippen molar-refractivity contribution in [3.8, 4) is 0 Å². The molecule has 5 nitrogen and oxygen atoms in total. The third kappa shape index (κ3) is 3.25. The van der Waals surface area contributed by atoms with Crippen molar-refractivity contribution < 1.29 is 0 Å². The molecule has 124 valence electrons. The highest BCUT2D eigenvalue weighted by Crippen LogP contribution is 2.17. The standard InChI is InChI=1S/C19H23N5/c1-4-24(5-2)16-12-10-15(11-13-16)14-20-22-19-21-17-8-6-7-9-18(17)23(19)3/h6-14H,4-5H2,1-3H3,(H,21,22). The Labute approximate surface area is 142 Å². The van der Waals surface area contributed by atoms with Crippen LogP contribution >= 0.6 is 0 Å². The number of hydrogen-bond donors (Lipinski definition) is 1. The lowest BCUT2D eigenvalue weighted by Gasteiger charge is -2.20. The third-order valence-electron chi connectivity index (χ3n) is 4.19. The van der Waals surface area contributed by atoms with Crippen LogP contribution in [-0.4, -0.2) is 28.9 Å². The Morgan fingerprint density at radius 2 is 1.79 bits per heavy atom. The molecule has 0 amide bonds. The Balaban J connectivity index is 1.70. The lowest BCUT2D eigenvalue weighted by atomic mass is 10.2.